The Bertz CT molecular complexity index is 570. The summed E-state index contributed by atoms with van der Waals surface area (Å²) in [5, 5.41) is 9.25. The maximum Gasteiger partial charge on any atom is 0.404 e. The van der Waals surface area contributed by atoms with Crippen LogP contribution in [0.25, 0.3) is 5.57 Å². The van der Waals surface area contributed by atoms with Gasteiger partial charge in [0, 0.05) is 0 Å². The van der Waals surface area contributed by atoms with Gasteiger partial charge in [0.1, 0.15) is 12.0 Å². The standard InChI is InChI=1S/C15H14N2O2/c16-10-15(11-19-14(17)18)8-6-13(7-9-15)12-4-2-1-3-5-12/h1-8H,9,11H2,(H2,17,18). The number of benzene rings is 1. The summed E-state index contributed by atoms with van der Waals surface area (Å²) in [6, 6.07) is 12.1. The number of carbonyl (C=O) groups is 1. The summed E-state index contributed by atoms with van der Waals surface area (Å²) in [5.41, 5.74) is 6.28. The summed E-state index contributed by atoms with van der Waals surface area (Å²) < 4.78 is 4.75. The number of nitrogens with two attached hydrogens (primary N) is 1. The minimum Gasteiger partial charge on any atom is -0.448 e. The van der Waals surface area contributed by atoms with E-state index in [0.29, 0.717) is 6.42 Å². The molecule has 1 aliphatic rings. The lowest BCUT2D eigenvalue weighted by Gasteiger charge is -2.24. The smallest absolute Gasteiger partial charge is 0.404 e. The van der Waals surface area contributed by atoms with Gasteiger partial charge in [0.05, 0.1) is 6.07 Å². The Hall–Kier alpha value is -2.54. The van der Waals surface area contributed by atoms with E-state index in [-0.39, 0.29) is 6.61 Å². The molecule has 0 saturated carbocycles. The number of amides is 1. The SMILES string of the molecule is N#CC1(COC(N)=O)C=CC(c2ccccc2)=CC1. The maximum absolute atomic E-state index is 10.6. The van der Waals surface area contributed by atoms with Gasteiger partial charge in [-0.1, -0.05) is 48.6 Å². The van der Waals surface area contributed by atoms with Crippen LogP contribution >= 0.6 is 0 Å². The fraction of sp³-hybridized carbons (Fsp3) is 0.200. The third kappa shape index (κ3) is 3.02. The van der Waals surface area contributed by atoms with Crippen LogP contribution in [0, 0.1) is 16.7 Å². The summed E-state index contributed by atoms with van der Waals surface area (Å²) in [4.78, 5) is 10.6. The molecule has 0 spiro atoms. The van der Waals surface area contributed by atoms with Gasteiger partial charge >= 0.3 is 6.09 Å². The van der Waals surface area contributed by atoms with E-state index in [1.165, 1.54) is 0 Å². The predicted molar refractivity (Wildman–Crippen MR) is 71.8 cm³/mol. The topological polar surface area (TPSA) is 76.1 Å². The van der Waals surface area contributed by atoms with E-state index in [9.17, 15) is 10.1 Å². The van der Waals surface area contributed by atoms with Crippen LogP contribution in [0.4, 0.5) is 4.79 Å². The first-order valence-corrected chi connectivity index (χ1v) is 5.93. The Balaban J connectivity index is 2.13. The van der Waals surface area contributed by atoms with Crippen LogP contribution in [0.1, 0.15) is 12.0 Å². The van der Waals surface area contributed by atoms with Crippen molar-refractivity contribution in [1.29, 1.82) is 5.26 Å². The molecule has 2 rings (SSSR count). The van der Waals surface area contributed by atoms with Crippen LogP contribution in [0.2, 0.25) is 0 Å². The molecular weight excluding hydrogens is 240 g/mol. The highest BCUT2D eigenvalue weighted by atomic mass is 16.5. The third-order valence-corrected chi connectivity index (χ3v) is 3.07. The molecule has 0 aliphatic heterocycles. The van der Waals surface area contributed by atoms with E-state index < -0.39 is 11.5 Å². The van der Waals surface area contributed by atoms with Crippen molar-refractivity contribution in [2.45, 2.75) is 6.42 Å². The Labute approximate surface area is 111 Å². The van der Waals surface area contributed by atoms with Crippen molar-refractivity contribution in [3.8, 4) is 6.07 Å². The van der Waals surface area contributed by atoms with E-state index in [4.69, 9.17) is 10.5 Å². The third-order valence-electron chi connectivity index (χ3n) is 3.07. The van der Waals surface area contributed by atoms with E-state index in [0.717, 1.165) is 11.1 Å². The summed E-state index contributed by atoms with van der Waals surface area (Å²) >= 11 is 0. The molecule has 1 aromatic carbocycles. The monoisotopic (exact) mass is 254 g/mol. The normalized spacial score (nSPS) is 21.3. The van der Waals surface area contributed by atoms with Gasteiger partial charge in [-0.3, -0.25) is 0 Å². The second kappa shape index (κ2) is 5.40. The molecule has 19 heavy (non-hydrogen) atoms. The molecule has 0 fully saturated rings. The Kier molecular flexibility index (Phi) is 3.67. The van der Waals surface area contributed by atoms with E-state index in [2.05, 4.69) is 6.07 Å². The minimum atomic E-state index is -0.860. The number of carbonyl (C=O) groups excluding carboxylic acids is 1. The van der Waals surface area contributed by atoms with Gasteiger partial charge in [-0.05, 0) is 17.6 Å². The van der Waals surface area contributed by atoms with Gasteiger partial charge < -0.3 is 10.5 Å². The summed E-state index contributed by atoms with van der Waals surface area (Å²) in [7, 11) is 0. The lowest BCUT2D eigenvalue weighted by molar-refractivity contribution is 0.130. The van der Waals surface area contributed by atoms with Crippen molar-refractivity contribution in [3.05, 3.63) is 54.1 Å². The second-order valence-corrected chi connectivity index (χ2v) is 4.44. The van der Waals surface area contributed by atoms with Crippen LogP contribution in [0.5, 0.6) is 0 Å². The molecule has 4 nitrogen and oxygen atoms in total. The highest BCUT2D eigenvalue weighted by Crippen LogP contribution is 2.32. The molecule has 0 aromatic heterocycles. The highest BCUT2D eigenvalue weighted by molar-refractivity contribution is 5.75. The molecule has 1 aliphatic carbocycles. The fourth-order valence-electron chi connectivity index (χ4n) is 1.94. The number of rotatable bonds is 3. The van der Waals surface area contributed by atoms with Crippen molar-refractivity contribution in [1.82, 2.24) is 0 Å². The van der Waals surface area contributed by atoms with Gasteiger partial charge in [-0.2, -0.15) is 5.26 Å². The summed E-state index contributed by atoms with van der Waals surface area (Å²) in [6.45, 7) is -0.0199. The number of ether oxygens (including phenoxy) is 1. The number of nitriles is 1. The first-order chi connectivity index (χ1) is 9.15. The summed E-state index contributed by atoms with van der Waals surface area (Å²) in [6.07, 6.45) is 5.27. The molecule has 0 radical (unpaired) electrons. The molecule has 2 N–H and O–H groups in total. The molecule has 1 atom stereocenters. The fourth-order valence-corrected chi connectivity index (χ4v) is 1.94. The number of primary amides is 1. The minimum absolute atomic E-state index is 0.0199. The summed E-state index contributed by atoms with van der Waals surface area (Å²) in [5.74, 6) is 0. The van der Waals surface area contributed by atoms with Crippen molar-refractivity contribution in [2.75, 3.05) is 6.61 Å². The van der Waals surface area contributed by atoms with E-state index in [1.54, 1.807) is 6.08 Å². The van der Waals surface area contributed by atoms with Crippen LogP contribution in [-0.2, 0) is 4.74 Å². The van der Waals surface area contributed by atoms with Crippen molar-refractivity contribution in [3.63, 3.8) is 0 Å². The number of allylic oxidation sites excluding steroid dienone is 3. The van der Waals surface area contributed by atoms with Gasteiger partial charge in [-0.15, -0.1) is 0 Å². The lowest BCUT2D eigenvalue weighted by Crippen LogP contribution is -2.27. The molecular formula is C15H14N2O2. The van der Waals surface area contributed by atoms with Crippen LogP contribution in [0.3, 0.4) is 0 Å². The lowest BCUT2D eigenvalue weighted by atomic mass is 9.81. The molecule has 1 amide bonds. The Morgan fingerprint density at radius 2 is 2.16 bits per heavy atom. The van der Waals surface area contributed by atoms with Crippen molar-refractivity contribution < 1.29 is 9.53 Å². The average molecular weight is 254 g/mol. The van der Waals surface area contributed by atoms with Crippen molar-refractivity contribution in [2.24, 2.45) is 11.1 Å². The van der Waals surface area contributed by atoms with Crippen molar-refractivity contribution >= 4 is 11.7 Å². The molecule has 96 valence electrons. The largest absolute Gasteiger partial charge is 0.448 e. The van der Waals surface area contributed by atoms with Crippen LogP contribution < -0.4 is 5.73 Å². The van der Waals surface area contributed by atoms with Crippen LogP contribution in [0.15, 0.2) is 48.6 Å². The number of hydrogen-bond donors (Lipinski definition) is 1. The molecule has 0 bridgehead atoms. The molecule has 0 saturated heterocycles. The molecule has 1 aromatic rings. The first-order valence-electron chi connectivity index (χ1n) is 5.93. The molecule has 0 heterocycles. The van der Waals surface area contributed by atoms with Crippen LogP contribution in [-0.4, -0.2) is 12.7 Å². The first kappa shape index (κ1) is 12.9. The quantitative estimate of drug-likeness (QED) is 0.900. The zero-order valence-corrected chi connectivity index (χ0v) is 10.4. The van der Waals surface area contributed by atoms with E-state index in [1.807, 2.05) is 42.5 Å². The Morgan fingerprint density at radius 1 is 1.42 bits per heavy atom. The van der Waals surface area contributed by atoms with Gasteiger partial charge in [0.25, 0.3) is 0 Å². The number of hydrogen-bond acceptors (Lipinski definition) is 3. The Morgan fingerprint density at radius 3 is 2.68 bits per heavy atom. The second-order valence-electron chi connectivity index (χ2n) is 4.44. The number of nitrogens with zero attached hydrogens (tertiary/aromatic N) is 1. The van der Waals surface area contributed by atoms with E-state index >= 15 is 0 Å². The zero-order valence-electron chi connectivity index (χ0n) is 10.4. The predicted octanol–water partition coefficient (Wildman–Crippen LogP) is 2.64. The maximum atomic E-state index is 10.6. The van der Waals surface area contributed by atoms with Gasteiger partial charge in [0.2, 0.25) is 0 Å². The molecule has 4 heteroatoms. The molecule has 1 unspecified atom stereocenters. The van der Waals surface area contributed by atoms with Gasteiger partial charge in [0.15, 0.2) is 0 Å². The zero-order chi connectivity index (χ0) is 13.7. The highest BCUT2D eigenvalue weighted by Gasteiger charge is 2.30. The average Bonchev–Trinajstić information content (AvgIpc) is 2.47. The van der Waals surface area contributed by atoms with Gasteiger partial charge in [-0.25, -0.2) is 4.79 Å².